The molecule has 134 valence electrons. The van der Waals surface area contributed by atoms with Crippen molar-refractivity contribution < 1.29 is 23.9 Å². The van der Waals surface area contributed by atoms with Crippen LogP contribution in [0.2, 0.25) is 0 Å². The zero-order valence-corrected chi connectivity index (χ0v) is 14.7. The Kier molecular flexibility index (Phi) is 5.02. The number of amides is 2. The molecule has 2 aromatic rings. The van der Waals surface area contributed by atoms with E-state index in [1.807, 2.05) is 19.1 Å². The minimum absolute atomic E-state index is 0.0344. The number of nitrogens with zero attached hydrogens (tertiary/aromatic N) is 1. The average Bonchev–Trinajstić information content (AvgIpc) is 2.88. The van der Waals surface area contributed by atoms with Crippen LogP contribution < -0.4 is 4.74 Å². The highest BCUT2D eigenvalue weighted by Crippen LogP contribution is 2.22. The molecule has 0 aliphatic carbocycles. The predicted molar refractivity (Wildman–Crippen MR) is 94.2 cm³/mol. The van der Waals surface area contributed by atoms with E-state index in [2.05, 4.69) is 0 Å². The summed E-state index contributed by atoms with van der Waals surface area (Å²) in [7, 11) is 1.58. The van der Waals surface area contributed by atoms with Crippen LogP contribution in [0.5, 0.6) is 5.75 Å². The molecule has 1 aliphatic heterocycles. The number of fused-ring (bicyclic) bond motifs is 1. The Labute approximate surface area is 151 Å². The summed E-state index contributed by atoms with van der Waals surface area (Å²) in [4.78, 5) is 37.6. The van der Waals surface area contributed by atoms with Crippen molar-refractivity contribution >= 4 is 17.8 Å². The van der Waals surface area contributed by atoms with E-state index in [1.54, 1.807) is 37.4 Å². The first-order chi connectivity index (χ1) is 12.5. The lowest BCUT2D eigenvalue weighted by Gasteiger charge is -2.14. The molecular formula is C20H19NO5. The molecule has 3 rings (SSSR count). The molecule has 0 radical (unpaired) electrons. The summed E-state index contributed by atoms with van der Waals surface area (Å²) < 4.78 is 10.4. The van der Waals surface area contributed by atoms with Gasteiger partial charge in [-0.1, -0.05) is 24.3 Å². The molecule has 0 unspecified atom stereocenters. The van der Waals surface area contributed by atoms with E-state index in [9.17, 15) is 14.4 Å². The van der Waals surface area contributed by atoms with Gasteiger partial charge in [-0.25, -0.2) is 0 Å². The first-order valence-electron chi connectivity index (χ1n) is 8.25. The van der Waals surface area contributed by atoms with Gasteiger partial charge in [-0.3, -0.25) is 19.3 Å². The molecule has 2 aromatic carbocycles. The van der Waals surface area contributed by atoms with Gasteiger partial charge in [0.05, 0.1) is 31.2 Å². The zero-order chi connectivity index (χ0) is 18.7. The number of ether oxygens (including phenoxy) is 2. The van der Waals surface area contributed by atoms with Gasteiger partial charge in [0.2, 0.25) is 0 Å². The number of hydrogen-bond donors (Lipinski definition) is 0. The third kappa shape index (κ3) is 3.44. The number of carbonyl (C=O) groups excluding carboxylic acids is 3. The summed E-state index contributed by atoms with van der Waals surface area (Å²) in [6.45, 7) is 1.92. The fraction of sp³-hybridized carbons (Fsp3) is 0.250. The van der Waals surface area contributed by atoms with Crippen molar-refractivity contribution in [3.63, 3.8) is 0 Å². The second-order valence-electron chi connectivity index (χ2n) is 6.01. The topological polar surface area (TPSA) is 72.9 Å². The third-order valence-corrected chi connectivity index (χ3v) is 4.28. The van der Waals surface area contributed by atoms with Gasteiger partial charge < -0.3 is 9.47 Å². The molecule has 6 heteroatoms. The quantitative estimate of drug-likeness (QED) is 0.589. The van der Waals surface area contributed by atoms with Crippen LogP contribution >= 0.6 is 0 Å². The number of imide groups is 1. The molecule has 1 aliphatic rings. The molecule has 0 fully saturated rings. The van der Waals surface area contributed by atoms with Gasteiger partial charge in [0.15, 0.2) is 0 Å². The van der Waals surface area contributed by atoms with Gasteiger partial charge >= 0.3 is 5.97 Å². The number of aryl methyl sites for hydroxylation is 1. The lowest BCUT2D eigenvalue weighted by Crippen LogP contribution is -2.33. The molecule has 0 atom stereocenters. The van der Waals surface area contributed by atoms with Gasteiger partial charge in [0, 0.05) is 0 Å². The highest BCUT2D eigenvalue weighted by atomic mass is 16.5. The minimum atomic E-state index is -0.424. The van der Waals surface area contributed by atoms with Crippen molar-refractivity contribution in [1.29, 1.82) is 0 Å². The van der Waals surface area contributed by atoms with Crippen LogP contribution in [-0.2, 0) is 16.0 Å². The number of benzene rings is 2. The number of esters is 1. The number of carbonyl (C=O) groups is 3. The van der Waals surface area contributed by atoms with Crippen molar-refractivity contribution in [2.24, 2.45) is 0 Å². The Balaban J connectivity index is 1.53. The normalized spacial score (nSPS) is 12.9. The van der Waals surface area contributed by atoms with Crippen molar-refractivity contribution in [2.75, 3.05) is 20.3 Å². The van der Waals surface area contributed by atoms with Crippen LogP contribution in [-0.4, -0.2) is 42.9 Å². The van der Waals surface area contributed by atoms with Crippen LogP contribution in [0.15, 0.2) is 42.5 Å². The predicted octanol–water partition coefficient (Wildman–Crippen LogP) is 2.39. The molecule has 2 amide bonds. The Morgan fingerprint density at radius 1 is 1.04 bits per heavy atom. The van der Waals surface area contributed by atoms with Crippen molar-refractivity contribution in [3.8, 4) is 5.75 Å². The average molecular weight is 353 g/mol. The van der Waals surface area contributed by atoms with Gasteiger partial charge in [-0.2, -0.15) is 0 Å². The maximum absolute atomic E-state index is 12.2. The lowest BCUT2D eigenvalue weighted by atomic mass is 10.1. The van der Waals surface area contributed by atoms with Crippen LogP contribution in [0.1, 0.15) is 31.8 Å². The SMILES string of the molecule is COc1cc(CC(=O)OCCN2C(=O)c3ccccc3C2=O)ccc1C. The minimum Gasteiger partial charge on any atom is -0.496 e. The first-order valence-corrected chi connectivity index (χ1v) is 8.25. The second-order valence-corrected chi connectivity index (χ2v) is 6.01. The molecule has 0 N–H and O–H groups in total. The summed E-state index contributed by atoms with van der Waals surface area (Å²) >= 11 is 0. The van der Waals surface area contributed by atoms with Crippen LogP contribution in [0.25, 0.3) is 0 Å². The van der Waals surface area contributed by atoms with E-state index in [0.29, 0.717) is 16.9 Å². The van der Waals surface area contributed by atoms with E-state index >= 15 is 0 Å². The Bertz CT molecular complexity index is 839. The second kappa shape index (κ2) is 7.39. The van der Waals surface area contributed by atoms with Gasteiger partial charge in [-0.15, -0.1) is 0 Å². The number of methoxy groups -OCH3 is 1. The highest BCUT2D eigenvalue weighted by Gasteiger charge is 2.34. The lowest BCUT2D eigenvalue weighted by molar-refractivity contribution is -0.143. The molecule has 1 heterocycles. The van der Waals surface area contributed by atoms with Crippen LogP contribution in [0.3, 0.4) is 0 Å². The fourth-order valence-electron chi connectivity index (χ4n) is 2.89. The van der Waals surface area contributed by atoms with Crippen LogP contribution in [0.4, 0.5) is 0 Å². The van der Waals surface area contributed by atoms with Gasteiger partial charge in [-0.05, 0) is 36.2 Å². The van der Waals surface area contributed by atoms with E-state index < -0.39 is 5.97 Å². The molecule has 0 aromatic heterocycles. The number of hydrogen-bond acceptors (Lipinski definition) is 5. The largest absolute Gasteiger partial charge is 0.496 e. The Morgan fingerprint density at radius 3 is 2.31 bits per heavy atom. The third-order valence-electron chi connectivity index (χ3n) is 4.28. The summed E-state index contributed by atoms with van der Waals surface area (Å²) in [5.74, 6) is -0.427. The maximum Gasteiger partial charge on any atom is 0.310 e. The van der Waals surface area contributed by atoms with Crippen molar-refractivity contribution in [3.05, 3.63) is 64.7 Å². The Hall–Kier alpha value is -3.15. The molecule has 0 saturated carbocycles. The van der Waals surface area contributed by atoms with Crippen molar-refractivity contribution in [2.45, 2.75) is 13.3 Å². The van der Waals surface area contributed by atoms with E-state index in [-0.39, 0.29) is 31.4 Å². The molecule has 0 bridgehead atoms. The van der Waals surface area contributed by atoms with E-state index in [0.717, 1.165) is 16.0 Å². The highest BCUT2D eigenvalue weighted by molar-refractivity contribution is 6.21. The molecular weight excluding hydrogens is 334 g/mol. The van der Waals surface area contributed by atoms with Crippen LogP contribution in [0, 0.1) is 6.92 Å². The smallest absolute Gasteiger partial charge is 0.310 e. The standard InChI is InChI=1S/C20H19NO5/c1-13-7-8-14(11-17(13)25-2)12-18(22)26-10-9-21-19(23)15-5-3-4-6-16(15)20(21)24/h3-8,11H,9-10,12H2,1-2H3. The zero-order valence-electron chi connectivity index (χ0n) is 14.7. The summed E-state index contributed by atoms with van der Waals surface area (Å²) in [6.07, 6.45) is 0.0960. The summed E-state index contributed by atoms with van der Waals surface area (Å²) in [5, 5.41) is 0. The van der Waals surface area contributed by atoms with E-state index in [1.165, 1.54) is 0 Å². The first kappa shape index (κ1) is 17.7. The van der Waals surface area contributed by atoms with Crippen molar-refractivity contribution in [1.82, 2.24) is 4.90 Å². The van der Waals surface area contributed by atoms with Gasteiger partial charge in [0.25, 0.3) is 11.8 Å². The monoisotopic (exact) mass is 353 g/mol. The summed E-state index contributed by atoms with van der Waals surface area (Å²) in [5.41, 5.74) is 2.53. The molecule has 0 saturated heterocycles. The Morgan fingerprint density at radius 2 is 1.69 bits per heavy atom. The molecule has 0 spiro atoms. The molecule has 26 heavy (non-hydrogen) atoms. The number of rotatable bonds is 6. The fourth-order valence-corrected chi connectivity index (χ4v) is 2.89. The maximum atomic E-state index is 12.2. The summed E-state index contributed by atoms with van der Waals surface area (Å²) in [6, 6.07) is 12.2. The molecule has 6 nitrogen and oxygen atoms in total. The van der Waals surface area contributed by atoms with Gasteiger partial charge in [0.1, 0.15) is 12.4 Å². The van der Waals surface area contributed by atoms with E-state index in [4.69, 9.17) is 9.47 Å².